The second-order valence-electron chi connectivity index (χ2n) is 7.13. The number of benzene rings is 2. The number of fused-ring (bicyclic) bond motifs is 2. The molecule has 2 aromatic carbocycles. The largest absolute Gasteiger partial charge is 0.417 e. The number of halogens is 2. The molecule has 1 aliphatic heterocycles. The van der Waals surface area contributed by atoms with Gasteiger partial charge in [-0.25, -0.2) is 9.18 Å². The molecular formula is C22H15BrFN3O3. The fourth-order valence-electron chi connectivity index (χ4n) is 3.92. The molecule has 2 aromatic heterocycles. The third-order valence-corrected chi connectivity index (χ3v) is 6.06. The van der Waals surface area contributed by atoms with Crippen molar-refractivity contribution in [2.75, 3.05) is 0 Å². The molecule has 0 aliphatic carbocycles. The molecule has 0 saturated carbocycles. The van der Waals surface area contributed by atoms with Crippen LogP contribution >= 0.6 is 15.9 Å². The Kier molecular flexibility index (Phi) is 4.51. The van der Waals surface area contributed by atoms with E-state index in [0.29, 0.717) is 12.0 Å². The molecule has 0 radical (unpaired) electrons. The monoisotopic (exact) mass is 467 g/mol. The van der Waals surface area contributed by atoms with Gasteiger partial charge in [0.05, 0.1) is 17.3 Å². The predicted octanol–water partition coefficient (Wildman–Crippen LogP) is 4.36. The Hall–Kier alpha value is -3.26. The minimum atomic E-state index is -0.649. The lowest BCUT2D eigenvalue weighted by Crippen LogP contribution is -2.29. The highest BCUT2D eigenvalue weighted by atomic mass is 79.9. The van der Waals surface area contributed by atoms with Gasteiger partial charge in [-0.05, 0) is 45.8 Å². The van der Waals surface area contributed by atoms with Crippen molar-refractivity contribution in [3.63, 3.8) is 0 Å². The summed E-state index contributed by atoms with van der Waals surface area (Å²) in [6.45, 7) is 0.0410. The van der Waals surface area contributed by atoms with Gasteiger partial charge in [-0.3, -0.25) is 14.8 Å². The smallest absolute Gasteiger partial charge is 0.408 e. The Morgan fingerprint density at radius 2 is 2.00 bits per heavy atom. The molecule has 0 saturated heterocycles. The average molecular weight is 468 g/mol. The predicted molar refractivity (Wildman–Crippen MR) is 111 cm³/mol. The first-order valence-corrected chi connectivity index (χ1v) is 10.1. The van der Waals surface area contributed by atoms with Crippen molar-refractivity contribution >= 4 is 32.9 Å². The number of oxazole rings is 1. The SMILES string of the molecule is O=C1c2ccccc2C(Cc2ncccc2Br)N1Cc1cc2oc(=O)[nH]c2cc1F. The number of H-pyrrole nitrogens is 1. The Morgan fingerprint density at radius 3 is 2.83 bits per heavy atom. The highest BCUT2D eigenvalue weighted by Crippen LogP contribution is 2.38. The summed E-state index contributed by atoms with van der Waals surface area (Å²) in [5.41, 5.74) is 3.11. The molecule has 1 atom stereocenters. The molecule has 0 bridgehead atoms. The number of nitrogens with zero attached hydrogens (tertiary/aromatic N) is 2. The fraction of sp³-hybridized carbons (Fsp3) is 0.136. The number of nitrogens with one attached hydrogen (secondary N) is 1. The molecule has 1 amide bonds. The van der Waals surface area contributed by atoms with Crippen molar-refractivity contribution in [1.29, 1.82) is 0 Å². The van der Waals surface area contributed by atoms with Crippen LogP contribution in [0.25, 0.3) is 11.1 Å². The summed E-state index contributed by atoms with van der Waals surface area (Å²) in [5.74, 6) is -1.33. The van der Waals surface area contributed by atoms with Crippen LogP contribution < -0.4 is 5.76 Å². The van der Waals surface area contributed by atoms with Crippen molar-refractivity contribution in [3.05, 3.63) is 98.0 Å². The second-order valence-corrected chi connectivity index (χ2v) is 7.98. The lowest BCUT2D eigenvalue weighted by atomic mass is 10.0. The van der Waals surface area contributed by atoms with Crippen molar-refractivity contribution in [3.8, 4) is 0 Å². The van der Waals surface area contributed by atoms with E-state index in [1.165, 1.54) is 12.1 Å². The van der Waals surface area contributed by atoms with E-state index in [4.69, 9.17) is 4.42 Å². The van der Waals surface area contributed by atoms with Gasteiger partial charge >= 0.3 is 5.76 Å². The average Bonchev–Trinajstić information content (AvgIpc) is 3.21. The highest BCUT2D eigenvalue weighted by molar-refractivity contribution is 9.10. The molecule has 5 rings (SSSR count). The zero-order chi connectivity index (χ0) is 20.8. The minimum Gasteiger partial charge on any atom is -0.408 e. The van der Waals surface area contributed by atoms with E-state index in [-0.39, 0.29) is 35.2 Å². The van der Waals surface area contributed by atoms with Crippen LogP contribution in [0.2, 0.25) is 0 Å². The first kappa shape index (κ1) is 18.7. The van der Waals surface area contributed by atoms with Crippen LogP contribution in [0.4, 0.5) is 4.39 Å². The van der Waals surface area contributed by atoms with E-state index in [9.17, 15) is 14.0 Å². The Balaban J connectivity index is 1.55. The molecule has 4 aromatic rings. The summed E-state index contributed by atoms with van der Waals surface area (Å²) in [4.78, 5) is 33.1. The second kappa shape index (κ2) is 7.21. The van der Waals surface area contributed by atoms with Crippen molar-refractivity contribution in [1.82, 2.24) is 14.9 Å². The number of aromatic nitrogens is 2. The lowest BCUT2D eigenvalue weighted by Gasteiger charge is -2.26. The maximum absolute atomic E-state index is 14.7. The first-order valence-electron chi connectivity index (χ1n) is 9.32. The van der Waals surface area contributed by atoms with Crippen LogP contribution in [0.3, 0.4) is 0 Å². The zero-order valence-corrected chi connectivity index (χ0v) is 17.1. The summed E-state index contributed by atoms with van der Waals surface area (Å²) in [5, 5.41) is 0. The molecular weight excluding hydrogens is 453 g/mol. The van der Waals surface area contributed by atoms with Gasteiger partial charge in [0.2, 0.25) is 0 Å². The molecule has 6 nitrogen and oxygen atoms in total. The van der Waals surface area contributed by atoms with E-state index in [2.05, 4.69) is 25.9 Å². The van der Waals surface area contributed by atoms with E-state index >= 15 is 0 Å². The standard InChI is InChI=1S/C22H15BrFN3O3/c23-15-6-3-7-25-17(15)10-19-13-4-1-2-5-14(13)21(28)27(19)11-12-8-20-18(9-16(12)24)26-22(29)30-20/h1-9,19H,10-11H2,(H,26,29). The Morgan fingerprint density at radius 1 is 1.17 bits per heavy atom. The summed E-state index contributed by atoms with van der Waals surface area (Å²) < 4.78 is 20.6. The maximum Gasteiger partial charge on any atom is 0.417 e. The third-order valence-electron chi connectivity index (χ3n) is 5.34. The van der Waals surface area contributed by atoms with Gasteiger partial charge in [0.15, 0.2) is 5.58 Å². The van der Waals surface area contributed by atoms with Crippen LogP contribution in [-0.4, -0.2) is 20.8 Å². The Labute approximate surface area is 178 Å². The fourth-order valence-corrected chi connectivity index (χ4v) is 4.33. The topological polar surface area (TPSA) is 79.2 Å². The molecule has 1 unspecified atom stereocenters. The third kappa shape index (κ3) is 3.13. The summed E-state index contributed by atoms with van der Waals surface area (Å²) in [6, 6.07) is 13.5. The van der Waals surface area contributed by atoms with Crippen LogP contribution in [-0.2, 0) is 13.0 Å². The molecule has 150 valence electrons. The minimum absolute atomic E-state index is 0.0410. The van der Waals surface area contributed by atoms with Gasteiger partial charge in [0.25, 0.3) is 5.91 Å². The molecule has 0 fully saturated rings. The molecule has 0 spiro atoms. The van der Waals surface area contributed by atoms with Crippen LogP contribution in [0.1, 0.15) is 33.2 Å². The molecule has 30 heavy (non-hydrogen) atoms. The summed E-state index contributed by atoms with van der Waals surface area (Å²) in [6.07, 6.45) is 2.18. The van der Waals surface area contributed by atoms with Gasteiger partial charge in [-0.15, -0.1) is 0 Å². The number of amides is 1. The van der Waals surface area contributed by atoms with Crippen LogP contribution in [0.5, 0.6) is 0 Å². The van der Waals surface area contributed by atoms with Crippen molar-refractivity contribution in [2.24, 2.45) is 0 Å². The van der Waals surface area contributed by atoms with Gasteiger partial charge in [0, 0.05) is 40.8 Å². The molecule has 8 heteroatoms. The quantitative estimate of drug-likeness (QED) is 0.483. The van der Waals surface area contributed by atoms with Crippen LogP contribution in [0, 0.1) is 5.82 Å². The lowest BCUT2D eigenvalue weighted by molar-refractivity contribution is 0.0706. The van der Waals surface area contributed by atoms with E-state index < -0.39 is 11.6 Å². The molecule has 3 heterocycles. The molecule has 1 aliphatic rings. The molecule has 1 N–H and O–H groups in total. The number of hydrogen-bond donors (Lipinski definition) is 1. The number of carbonyl (C=O) groups excluding carboxylic acids is 1. The van der Waals surface area contributed by atoms with Gasteiger partial charge in [-0.1, -0.05) is 18.2 Å². The maximum atomic E-state index is 14.7. The highest BCUT2D eigenvalue weighted by Gasteiger charge is 2.37. The normalized spacial score (nSPS) is 15.7. The van der Waals surface area contributed by atoms with E-state index in [0.717, 1.165) is 15.7 Å². The number of carbonyl (C=O) groups is 1. The zero-order valence-electron chi connectivity index (χ0n) is 15.6. The van der Waals surface area contributed by atoms with Gasteiger partial charge < -0.3 is 9.32 Å². The van der Waals surface area contributed by atoms with E-state index in [1.807, 2.05) is 30.3 Å². The number of pyridine rings is 1. The summed E-state index contributed by atoms with van der Waals surface area (Å²) in [7, 11) is 0. The van der Waals surface area contributed by atoms with E-state index in [1.54, 1.807) is 17.2 Å². The van der Waals surface area contributed by atoms with Gasteiger partial charge in [-0.2, -0.15) is 0 Å². The summed E-state index contributed by atoms with van der Waals surface area (Å²) >= 11 is 3.52. The Bertz CT molecular complexity index is 1350. The number of aromatic amines is 1. The van der Waals surface area contributed by atoms with Crippen LogP contribution in [0.15, 0.2) is 68.4 Å². The number of rotatable bonds is 4. The first-order chi connectivity index (χ1) is 14.5. The van der Waals surface area contributed by atoms with Crippen molar-refractivity contribution in [2.45, 2.75) is 19.0 Å². The van der Waals surface area contributed by atoms with Gasteiger partial charge in [0.1, 0.15) is 5.82 Å². The van der Waals surface area contributed by atoms with Crippen molar-refractivity contribution < 1.29 is 13.6 Å². The number of hydrogen-bond acceptors (Lipinski definition) is 4.